The number of thioether (sulfide) groups is 1. The number of imide groups is 1. The van der Waals surface area contributed by atoms with Crippen molar-refractivity contribution >= 4 is 40.6 Å². The van der Waals surface area contributed by atoms with Crippen LogP contribution in [0.3, 0.4) is 0 Å². The molecule has 0 radical (unpaired) electrons. The number of benzene rings is 2. The third kappa shape index (κ3) is 5.15. The van der Waals surface area contributed by atoms with E-state index in [4.69, 9.17) is 16.3 Å². The average Bonchev–Trinajstić information content (AvgIpc) is 2.93. The standard InChI is InChI=1S/C21H20ClNO3S/c1-2-3-11-23-20(24)19(27-21(23)25)13-16-5-4-6-18(12-16)26-14-15-7-9-17(22)10-8-15/h4-10,12-13H,2-3,11,14H2,1H3/b19-13-. The number of hydrogen-bond acceptors (Lipinski definition) is 4. The number of ether oxygens (including phenoxy) is 1. The number of rotatable bonds is 7. The second-order valence-corrected chi connectivity index (χ2v) is 7.60. The van der Waals surface area contributed by atoms with Crippen LogP contribution in [0, 0.1) is 0 Å². The van der Waals surface area contributed by atoms with Crippen LogP contribution in [0.1, 0.15) is 30.9 Å². The molecule has 0 aliphatic carbocycles. The van der Waals surface area contributed by atoms with E-state index in [-0.39, 0.29) is 11.1 Å². The summed E-state index contributed by atoms with van der Waals surface area (Å²) in [6, 6.07) is 14.9. The van der Waals surface area contributed by atoms with Gasteiger partial charge in [-0.05, 0) is 59.7 Å². The van der Waals surface area contributed by atoms with Crippen LogP contribution in [0.25, 0.3) is 6.08 Å². The monoisotopic (exact) mass is 401 g/mol. The Kier molecular flexibility index (Phi) is 6.58. The van der Waals surface area contributed by atoms with Crippen molar-refractivity contribution in [3.8, 4) is 5.75 Å². The number of carbonyl (C=O) groups is 2. The van der Waals surface area contributed by atoms with Crippen LogP contribution in [0.4, 0.5) is 4.79 Å². The zero-order chi connectivity index (χ0) is 19.2. The molecule has 0 aromatic heterocycles. The Bertz CT molecular complexity index is 864. The fourth-order valence-electron chi connectivity index (χ4n) is 2.60. The molecule has 1 aliphatic rings. The smallest absolute Gasteiger partial charge is 0.293 e. The molecule has 2 aromatic carbocycles. The fourth-order valence-corrected chi connectivity index (χ4v) is 3.59. The number of nitrogens with zero attached hydrogens (tertiary/aromatic N) is 1. The van der Waals surface area contributed by atoms with Gasteiger partial charge in [-0.15, -0.1) is 0 Å². The molecule has 4 nitrogen and oxygen atoms in total. The van der Waals surface area contributed by atoms with Gasteiger partial charge in [0.1, 0.15) is 12.4 Å². The van der Waals surface area contributed by atoms with Gasteiger partial charge in [-0.2, -0.15) is 0 Å². The number of carbonyl (C=O) groups excluding carboxylic acids is 2. The first-order chi connectivity index (χ1) is 13.1. The van der Waals surface area contributed by atoms with Gasteiger partial charge in [0.05, 0.1) is 4.91 Å². The van der Waals surface area contributed by atoms with Crippen molar-refractivity contribution in [2.75, 3.05) is 6.54 Å². The van der Waals surface area contributed by atoms with Gasteiger partial charge in [0, 0.05) is 11.6 Å². The van der Waals surface area contributed by atoms with Crippen LogP contribution in [0.15, 0.2) is 53.4 Å². The van der Waals surface area contributed by atoms with E-state index in [0.717, 1.165) is 35.7 Å². The number of halogens is 1. The van der Waals surface area contributed by atoms with E-state index in [1.165, 1.54) is 4.90 Å². The maximum atomic E-state index is 12.4. The SMILES string of the molecule is CCCCN1C(=O)S/C(=C\c2cccc(OCc3ccc(Cl)cc3)c2)C1=O. The number of unbranched alkanes of at least 4 members (excludes halogenated alkanes) is 1. The van der Waals surface area contributed by atoms with Crippen molar-refractivity contribution in [1.82, 2.24) is 4.90 Å². The van der Waals surface area contributed by atoms with Crippen molar-refractivity contribution in [3.05, 3.63) is 69.6 Å². The fraction of sp³-hybridized carbons (Fsp3) is 0.238. The molecule has 3 rings (SSSR count). The first-order valence-electron chi connectivity index (χ1n) is 8.79. The van der Waals surface area contributed by atoms with E-state index < -0.39 is 0 Å². The van der Waals surface area contributed by atoms with Gasteiger partial charge in [0.2, 0.25) is 0 Å². The molecule has 2 aromatic rings. The highest BCUT2D eigenvalue weighted by atomic mass is 35.5. The second-order valence-electron chi connectivity index (χ2n) is 6.17. The van der Waals surface area contributed by atoms with E-state index in [9.17, 15) is 9.59 Å². The van der Waals surface area contributed by atoms with E-state index in [1.807, 2.05) is 55.5 Å². The lowest BCUT2D eigenvalue weighted by atomic mass is 10.2. The van der Waals surface area contributed by atoms with Crippen molar-refractivity contribution in [2.24, 2.45) is 0 Å². The molecule has 27 heavy (non-hydrogen) atoms. The van der Waals surface area contributed by atoms with E-state index in [0.29, 0.717) is 28.8 Å². The van der Waals surface area contributed by atoms with E-state index in [1.54, 1.807) is 6.08 Å². The molecule has 1 heterocycles. The second kappa shape index (κ2) is 9.11. The molecule has 0 atom stereocenters. The van der Waals surface area contributed by atoms with Gasteiger partial charge in [-0.25, -0.2) is 0 Å². The predicted molar refractivity (Wildman–Crippen MR) is 110 cm³/mol. The molecule has 2 amide bonds. The van der Waals surface area contributed by atoms with E-state index >= 15 is 0 Å². The molecule has 6 heteroatoms. The van der Waals surface area contributed by atoms with Crippen molar-refractivity contribution in [2.45, 2.75) is 26.4 Å². The first kappa shape index (κ1) is 19.5. The van der Waals surface area contributed by atoms with E-state index in [2.05, 4.69) is 0 Å². The highest BCUT2D eigenvalue weighted by Crippen LogP contribution is 2.32. The van der Waals surface area contributed by atoms with Crippen LogP contribution in [0.5, 0.6) is 5.75 Å². The minimum Gasteiger partial charge on any atom is -0.489 e. The Morgan fingerprint density at radius 3 is 2.67 bits per heavy atom. The number of hydrogen-bond donors (Lipinski definition) is 0. The quantitative estimate of drug-likeness (QED) is 0.553. The normalized spacial score (nSPS) is 15.6. The number of amides is 2. The minimum absolute atomic E-state index is 0.199. The summed E-state index contributed by atoms with van der Waals surface area (Å²) in [4.78, 5) is 26.2. The Labute approximate surface area is 168 Å². The van der Waals surface area contributed by atoms with Crippen molar-refractivity contribution < 1.29 is 14.3 Å². The largest absolute Gasteiger partial charge is 0.489 e. The summed E-state index contributed by atoms with van der Waals surface area (Å²) >= 11 is 6.88. The lowest BCUT2D eigenvalue weighted by molar-refractivity contribution is -0.122. The molecule has 0 spiro atoms. The van der Waals surface area contributed by atoms with Gasteiger partial charge in [0.25, 0.3) is 11.1 Å². The highest BCUT2D eigenvalue weighted by Gasteiger charge is 2.34. The molecular formula is C21H20ClNO3S. The molecular weight excluding hydrogens is 382 g/mol. The molecule has 0 bridgehead atoms. The third-order valence-electron chi connectivity index (χ3n) is 4.08. The average molecular weight is 402 g/mol. The van der Waals surface area contributed by atoms with Gasteiger partial charge in [-0.3, -0.25) is 14.5 Å². The van der Waals surface area contributed by atoms with Gasteiger partial charge in [-0.1, -0.05) is 49.2 Å². The zero-order valence-electron chi connectivity index (χ0n) is 15.0. The Hall–Kier alpha value is -2.24. The molecule has 1 fully saturated rings. The van der Waals surface area contributed by atoms with Gasteiger partial charge >= 0.3 is 0 Å². The molecule has 0 N–H and O–H groups in total. The topological polar surface area (TPSA) is 46.6 Å². The summed E-state index contributed by atoms with van der Waals surface area (Å²) < 4.78 is 5.82. The summed E-state index contributed by atoms with van der Waals surface area (Å²) in [6.07, 6.45) is 3.50. The molecule has 1 aliphatic heterocycles. The van der Waals surface area contributed by atoms with Crippen molar-refractivity contribution in [3.63, 3.8) is 0 Å². The summed E-state index contributed by atoms with van der Waals surface area (Å²) in [5.74, 6) is 0.481. The lowest BCUT2D eigenvalue weighted by Crippen LogP contribution is -2.29. The summed E-state index contributed by atoms with van der Waals surface area (Å²) in [5.41, 5.74) is 1.84. The predicted octanol–water partition coefficient (Wildman–Crippen LogP) is 5.76. The summed E-state index contributed by atoms with van der Waals surface area (Å²) in [6.45, 7) is 2.93. The minimum atomic E-state index is -0.217. The molecule has 0 unspecified atom stereocenters. The Morgan fingerprint density at radius 2 is 1.93 bits per heavy atom. The zero-order valence-corrected chi connectivity index (χ0v) is 16.6. The Morgan fingerprint density at radius 1 is 1.15 bits per heavy atom. The van der Waals surface area contributed by atoms with Crippen LogP contribution in [0.2, 0.25) is 5.02 Å². The van der Waals surface area contributed by atoms with Crippen LogP contribution < -0.4 is 4.74 Å². The maximum Gasteiger partial charge on any atom is 0.293 e. The summed E-state index contributed by atoms with van der Waals surface area (Å²) in [5, 5.41) is 0.489. The van der Waals surface area contributed by atoms with Gasteiger partial charge < -0.3 is 4.74 Å². The van der Waals surface area contributed by atoms with Crippen molar-refractivity contribution in [1.29, 1.82) is 0 Å². The third-order valence-corrected chi connectivity index (χ3v) is 5.24. The molecule has 1 saturated heterocycles. The first-order valence-corrected chi connectivity index (χ1v) is 9.99. The maximum absolute atomic E-state index is 12.4. The molecule has 0 saturated carbocycles. The van der Waals surface area contributed by atoms with Crippen LogP contribution in [-0.4, -0.2) is 22.6 Å². The lowest BCUT2D eigenvalue weighted by Gasteiger charge is -2.10. The van der Waals surface area contributed by atoms with Crippen LogP contribution >= 0.6 is 23.4 Å². The highest BCUT2D eigenvalue weighted by molar-refractivity contribution is 8.18. The Balaban J connectivity index is 1.68. The van der Waals surface area contributed by atoms with Gasteiger partial charge in [0.15, 0.2) is 0 Å². The van der Waals surface area contributed by atoms with Crippen LogP contribution in [-0.2, 0) is 11.4 Å². The summed E-state index contributed by atoms with van der Waals surface area (Å²) in [7, 11) is 0. The molecule has 140 valence electrons.